The molecule has 0 unspecified atom stereocenters. The molecule has 0 aliphatic rings. The van der Waals surface area contributed by atoms with Crippen LogP contribution in [0.2, 0.25) is 0 Å². The molecule has 3 heterocycles. The number of hydrogen-bond donors (Lipinski definition) is 0. The Morgan fingerprint density at radius 2 is 0.879 bits per heavy atom. The van der Waals surface area contributed by atoms with Crippen LogP contribution in [0.25, 0.3) is 106 Å². The molecule has 0 aliphatic carbocycles. The van der Waals surface area contributed by atoms with Crippen LogP contribution in [0, 0.1) is 0 Å². The van der Waals surface area contributed by atoms with E-state index >= 15 is 0 Å². The van der Waals surface area contributed by atoms with Crippen molar-refractivity contribution in [3.63, 3.8) is 0 Å². The molecule has 6 heteroatoms. The molecule has 3 aromatic heterocycles. The average molecular weight is 744 g/mol. The Hall–Kier alpha value is -7.96. The highest BCUT2D eigenvalue weighted by molar-refractivity contribution is 6.19. The number of hydrogen-bond acceptors (Lipinski definition) is 5. The Labute approximate surface area is 334 Å². The average Bonchev–Trinajstić information content (AvgIpc) is 3.90. The molecule has 6 nitrogen and oxygen atoms in total. The van der Waals surface area contributed by atoms with Crippen molar-refractivity contribution in [2.24, 2.45) is 0 Å². The second kappa shape index (κ2) is 14.0. The van der Waals surface area contributed by atoms with Crippen LogP contribution in [0.5, 0.6) is 0 Å². The maximum atomic E-state index is 6.60. The van der Waals surface area contributed by atoms with E-state index < -0.39 is 0 Å². The molecule has 0 fully saturated rings. The molecule has 58 heavy (non-hydrogen) atoms. The van der Waals surface area contributed by atoms with Gasteiger partial charge in [0.2, 0.25) is 5.89 Å². The van der Waals surface area contributed by atoms with Crippen molar-refractivity contribution in [2.75, 3.05) is 0 Å². The lowest BCUT2D eigenvalue weighted by molar-refractivity contribution is 0.621. The molecular formula is C52H33N5O. The summed E-state index contributed by atoms with van der Waals surface area (Å²) < 4.78 is 8.94. The molecule has 0 saturated carbocycles. The zero-order valence-electron chi connectivity index (χ0n) is 31.2. The Morgan fingerprint density at radius 3 is 1.59 bits per heavy atom. The molecule has 0 aliphatic heterocycles. The van der Waals surface area contributed by atoms with E-state index in [-0.39, 0.29) is 0 Å². The third kappa shape index (κ3) is 5.74. The summed E-state index contributed by atoms with van der Waals surface area (Å²) in [6.45, 7) is 0. The van der Waals surface area contributed by atoms with Gasteiger partial charge in [0.05, 0.1) is 11.0 Å². The Kier molecular flexibility index (Phi) is 8.04. The number of benzene rings is 8. The molecule has 0 atom stereocenters. The van der Waals surface area contributed by atoms with E-state index in [4.69, 9.17) is 24.4 Å². The van der Waals surface area contributed by atoms with Crippen LogP contribution < -0.4 is 0 Å². The lowest BCUT2D eigenvalue weighted by Crippen LogP contribution is -2.00. The summed E-state index contributed by atoms with van der Waals surface area (Å²) in [5.74, 6) is 2.42. The fourth-order valence-corrected chi connectivity index (χ4v) is 8.01. The second-order valence-electron chi connectivity index (χ2n) is 14.2. The number of rotatable bonds is 7. The predicted molar refractivity (Wildman–Crippen MR) is 234 cm³/mol. The summed E-state index contributed by atoms with van der Waals surface area (Å²) in [6, 6.07) is 68.6. The number of aromatic nitrogens is 5. The predicted octanol–water partition coefficient (Wildman–Crippen LogP) is 13.1. The fraction of sp³-hybridized carbons (Fsp3) is 0. The van der Waals surface area contributed by atoms with Crippen LogP contribution in [0.4, 0.5) is 0 Å². The monoisotopic (exact) mass is 743 g/mol. The van der Waals surface area contributed by atoms with Crippen molar-refractivity contribution in [1.29, 1.82) is 0 Å². The van der Waals surface area contributed by atoms with Crippen LogP contribution in [0.1, 0.15) is 0 Å². The van der Waals surface area contributed by atoms with Gasteiger partial charge in [0.25, 0.3) is 0 Å². The third-order valence-corrected chi connectivity index (χ3v) is 10.7. The van der Waals surface area contributed by atoms with Gasteiger partial charge in [-0.15, -0.1) is 0 Å². The summed E-state index contributed by atoms with van der Waals surface area (Å²) in [4.78, 5) is 20.4. The number of oxazole rings is 1. The molecule has 272 valence electrons. The van der Waals surface area contributed by atoms with E-state index in [1.54, 1.807) is 0 Å². The zero-order chi connectivity index (χ0) is 38.4. The van der Waals surface area contributed by atoms with Crippen LogP contribution in [0.3, 0.4) is 0 Å². The summed E-state index contributed by atoms with van der Waals surface area (Å²) in [5.41, 5.74) is 12.7. The van der Waals surface area contributed by atoms with Gasteiger partial charge in [-0.1, -0.05) is 164 Å². The highest BCUT2D eigenvalue weighted by atomic mass is 16.3. The largest absolute Gasteiger partial charge is 0.435 e. The van der Waals surface area contributed by atoms with Crippen LogP contribution in [-0.2, 0) is 0 Å². The SMILES string of the molecule is c1ccc(-c2ccc(-c3nc(-c4ccccc4)nc(-c4cccc5c4c4cccc(-c6cccc7nc(-c8ccccc8)oc67)c4n5-c4ccccc4)n3)cc2)cc1. The van der Waals surface area contributed by atoms with Crippen molar-refractivity contribution in [2.45, 2.75) is 0 Å². The summed E-state index contributed by atoms with van der Waals surface area (Å²) >= 11 is 0. The van der Waals surface area contributed by atoms with Crippen molar-refractivity contribution in [3.8, 4) is 73.6 Å². The molecule has 0 radical (unpaired) electrons. The summed E-state index contributed by atoms with van der Waals surface area (Å²) in [7, 11) is 0. The molecule has 0 amide bonds. The van der Waals surface area contributed by atoms with E-state index in [1.807, 2.05) is 78.9 Å². The van der Waals surface area contributed by atoms with Gasteiger partial charge in [0.1, 0.15) is 5.52 Å². The van der Waals surface area contributed by atoms with Gasteiger partial charge in [-0.3, -0.25) is 0 Å². The van der Waals surface area contributed by atoms with Crippen LogP contribution in [-0.4, -0.2) is 24.5 Å². The zero-order valence-corrected chi connectivity index (χ0v) is 31.2. The number of fused-ring (bicyclic) bond motifs is 4. The maximum absolute atomic E-state index is 6.60. The van der Waals surface area contributed by atoms with Crippen molar-refractivity contribution in [1.82, 2.24) is 24.5 Å². The highest BCUT2D eigenvalue weighted by Gasteiger charge is 2.23. The molecule has 0 N–H and O–H groups in total. The Bertz CT molecular complexity index is 3250. The fourth-order valence-electron chi connectivity index (χ4n) is 8.01. The molecule has 8 aromatic carbocycles. The Morgan fingerprint density at radius 1 is 0.362 bits per heavy atom. The smallest absolute Gasteiger partial charge is 0.227 e. The first-order chi connectivity index (χ1) is 28.8. The van der Waals surface area contributed by atoms with Gasteiger partial charge in [-0.05, 0) is 47.5 Å². The molecule has 0 bridgehead atoms. The standard InChI is InChI=1S/C52H33N5O/c1-5-16-34(17-6-1)35-30-32-37(33-31-35)50-54-49(36-18-7-2-8-19-36)55-51(56-50)43-27-15-29-45-46(43)42-26-13-24-40(47(42)57(45)39-22-11-4-12-23-39)41-25-14-28-44-48(41)58-52(53-44)38-20-9-3-10-21-38/h1-33H. The van der Waals surface area contributed by atoms with E-state index in [1.165, 1.54) is 0 Å². The minimum absolute atomic E-state index is 0.593. The molecular weight excluding hydrogens is 711 g/mol. The third-order valence-electron chi connectivity index (χ3n) is 10.7. The molecule has 0 saturated heterocycles. The van der Waals surface area contributed by atoms with Crippen molar-refractivity contribution in [3.05, 3.63) is 200 Å². The number of para-hydroxylation sites is 3. The first-order valence-corrected chi connectivity index (χ1v) is 19.3. The van der Waals surface area contributed by atoms with E-state index in [0.29, 0.717) is 23.4 Å². The quantitative estimate of drug-likeness (QED) is 0.163. The van der Waals surface area contributed by atoms with E-state index in [2.05, 4.69) is 126 Å². The molecule has 11 rings (SSSR count). The van der Waals surface area contributed by atoms with Gasteiger partial charge in [0, 0.05) is 49.8 Å². The van der Waals surface area contributed by atoms with E-state index in [9.17, 15) is 0 Å². The lowest BCUT2D eigenvalue weighted by Gasteiger charge is -2.12. The molecule has 0 spiro atoms. The van der Waals surface area contributed by atoms with Crippen molar-refractivity contribution < 1.29 is 4.42 Å². The minimum Gasteiger partial charge on any atom is -0.435 e. The van der Waals surface area contributed by atoms with Gasteiger partial charge in [-0.25, -0.2) is 19.9 Å². The van der Waals surface area contributed by atoms with Gasteiger partial charge < -0.3 is 8.98 Å². The lowest BCUT2D eigenvalue weighted by atomic mass is 9.99. The minimum atomic E-state index is 0.593. The van der Waals surface area contributed by atoms with Crippen molar-refractivity contribution >= 4 is 32.9 Å². The van der Waals surface area contributed by atoms with Crippen LogP contribution in [0.15, 0.2) is 205 Å². The van der Waals surface area contributed by atoms with Crippen LogP contribution >= 0.6 is 0 Å². The maximum Gasteiger partial charge on any atom is 0.227 e. The Balaban J connectivity index is 1.16. The number of nitrogens with zero attached hydrogens (tertiary/aromatic N) is 5. The second-order valence-corrected chi connectivity index (χ2v) is 14.2. The van der Waals surface area contributed by atoms with Gasteiger partial charge in [-0.2, -0.15) is 0 Å². The summed E-state index contributed by atoms with van der Waals surface area (Å²) in [5, 5.41) is 2.12. The normalized spacial score (nSPS) is 11.4. The first kappa shape index (κ1) is 33.4. The summed E-state index contributed by atoms with van der Waals surface area (Å²) in [6.07, 6.45) is 0. The molecule has 11 aromatic rings. The first-order valence-electron chi connectivity index (χ1n) is 19.3. The topological polar surface area (TPSA) is 69.6 Å². The van der Waals surface area contributed by atoms with Gasteiger partial charge >= 0.3 is 0 Å². The highest BCUT2D eigenvalue weighted by Crippen LogP contribution is 2.44. The van der Waals surface area contributed by atoms with Gasteiger partial charge in [0.15, 0.2) is 23.1 Å². The van der Waals surface area contributed by atoms with E-state index in [0.717, 1.165) is 83.1 Å².